The Morgan fingerprint density at radius 2 is 1.38 bits per heavy atom. The van der Waals surface area contributed by atoms with Gasteiger partial charge in [-0.3, -0.25) is 9.59 Å². The molecule has 0 aliphatic heterocycles. The molecule has 2 amide bonds. The monoisotopic (exact) mass is 390 g/mol. The topological polar surface area (TPSA) is 76.7 Å². The molecule has 6 nitrogen and oxygen atoms in total. The first-order chi connectivity index (χ1) is 14.2. The van der Waals surface area contributed by atoms with Crippen molar-refractivity contribution in [3.63, 3.8) is 0 Å². The van der Waals surface area contributed by atoms with Crippen molar-refractivity contribution in [2.75, 3.05) is 31.0 Å². The fraction of sp³-hybridized carbons (Fsp3) is 0.130. The first-order valence-electron chi connectivity index (χ1n) is 9.15. The van der Waals surface area contributed by atoms with Gasteiger partial charge in [0.05, 0.1) is 6.61 Å². The summed E-state index contributed by atoms with van der Waals surface area (Å²) < 4.78 is 10.4. The van der Waals surface area contributed by atoms with Crippen LogP contribution in [0.15, 0.2) is 78.9 Å². The SMILES string of the molecule is COCCOc1ccc(C(=O)Nc2cccc(C(=O)Nc3ccccc3)c2)cc1. The minimum absolute atomic E-state index is 0.246. The van der Waals surface area contributed by atoms with Crippen LogP contribution in [0, 0.1) is 0 Å². The van der Waals surface area contributed by atoms with Gasteiger partial charge < -0.3 is 20.1 Å². The maximum atomic E-state index is 12.5. The summed E-state index contributed by atoms with van der Waals surface area (Å²) >= 11 is 0. The van der Waals surface area contributed by atoms with Gasteiger partial charge in [-0.15, -0.1) is 0 Å². The Morgan fingerprint density at radius 3 is 2.10 bits per heavy atom. The molecular weight excluding hydrogens is 368 g/mol. The van der Waals surface area contributed by atoms with Crippen LogP contribution in [-0.2, 0) is 4.74 Å². The lowest BCUT2D eigenvalue weighted by Crippen LogP contribution is -2.14. The zero-order valence-electron chi connectivity index (χ0n) is 16.1. The van der Waals surface area contributed by atoms with Gasteiger partial charge in [0.15, 0.2) is 0 Å². The van der Waals surface area contributed by atoms with Crippen LogP contribution < -0.4 is 15.4 Å². The summed E-state index contributed by atoms with van der Waals surface area (Å²) in [4.78, 5) is 24.9. The number of anilines is 2. The second-order valence-corrected chi connectivity index (χ2v) is 6.22. The molecule has 0 bridgehead atoms. The number of hydrogen-bond donors (Lipinski definition) is 2. The van der Waals surface area contributed by atoms with E-state index in [0.29, 0.717) is 41.5 Å². The molecular formula is C23H22N2O4. The number of hydrogen-bond acceptors (Lipinski definition) is 4. The van der Waals surface area contributed by atoms with Crippen molar-refractivity contribution >= 4 is 23.2 Å². The average molecular weight is 390 g/mol. The molecule has 3 aromatic carbocycles. The van der Waals surface area contributed by atoms with Gasteiger partial charge in [-0.2, -0.15) is 0 Å². The molecule has 29 heavy (non-hydrogen) atoms. The molecule has 0 saturated heterocycles. The number of carbonyl (C=O) groups excluding carboxylic acids is 2. The zero-order chi connectivity index (χ0) is 20.5. The van der Waals surface area contributed by atoms with E-state index in [-0.39, 0.29) is 11.8 Å². The van der Waals surface area contributed by atoms with Gasteiger partial charge in [0.25, 0.3) is 11.8 Å². The van der Waals surface area contributed by atoms with Crippen molar-refractivity contribution in [2.24, 2.45) is 0 Å². The Kier molecular flexibility index (Phi) is 6.97. The summed E-state index contributed by atoms with van der Waals surface area (Å²) in [7, 11) is 1.61. The van der Waals surface area contributed by atoms with Crippen LogP contribution in [0.1, 0.15) is 20.7 Å². The van der Waals surface area contributed by atoms with Crippen molar-refractivity contribution < 1.29 is 19.1 Å². The largest absolute Gasteiger partial charge is 0.491 e. The van der Waals surface area contributed by atoms with Gasteiger partial charge in [0.2, 0.25) is 0 Å². The van der Waals surface area contributed by atoms with E-state index < -0.39 is 0 Å². The summed E-state index contributed by atoms with van der Waals surface area (Å²) in [6, 6.07) is 22.8. The van der Waals surface area contributed by atoms with E-state index in [1.54, 1.807) is 55.6 Å². The zero-order valence-corrected chi connectivity index (χ0v) is 16.1. The van der Waals surface area contributed by atoms with Crippen molar-refractivity contribution in [1.82, 2.24) is 0 Å². The van der Waals surface area contributed by atoms with Gasteiger partial charge in [-0.1, -0.05) is 24.3 Å². The lowest BCUT2D eigenvalue weighted by atomic mass is 10.1. The minimum Gasteiger partial charge on any atom is -0.491 e. The van der Waals surface area contributed by atoms with Gasteiger partial charge in [-0.25, -0.2) is 0 Å². The highest BCUT2D eigenvalue weighted by molar-refractivity contribution is 6.07. The number of rotatable bonds is 8. The molecule has 0 aromatic heterocycles. The second kappa shape index (κ2) is 10.1. The fourth-order valence-electron chi connectivity index (χ4n) is 2.61. The van der Waals surface area contributed by atoms with Crippen LogP contribution in [-0.4, -0.2) is 32.1 Å². The quantitative estimate of drug-likeness (QED) is 0.565. The number of benzene rings is 3. The maximum Gasteiger partial charge on any atom is 0.255 e. The average Bonchev–Trinajstić information content (AvgIpc) is 2.75. The van der Waals surface area contributed by atoms with E-state index in [2.05, 4.69) is 10.6 Å². The standard InChI is InChI=1S/C23H22N2O4/c1-28-14-15-29-21-12-10-17(11-13-21)22(26)25-20-9-5-6-18(16-20)23(27)24-19-7-3-2-4-8-19/h2-13,16H,14-15H2,1H3,(H,24,27)(H,25,26). The number of nitrogens with one attached hydrogen (secondary N) is 2. The lowest BCUT2D eigenvalue weighted by molar-refractivity contribution is 0.101. The van der Waals surface area contributed by atoms with Crippen molar-refractivity contribution in [2.45, 2.75) is 0 Å². The number of methoxy groups -OCH3 is 1. The van der Waals surface area contributed by atoms with E-state index in [1.165, 1.54) is 0 Å². The molecule has 6 heteroatoms. The molecule has 3 aromatic rings. The molecule has 0 fully saturated rings. The minimum atomic E-state index is -0.269. The summed E-state index contributed by atoms with van der Waals surface area (Å²) in [6.45, 7) is 0.941. The Bertz CT molecular complexity index is 956. The van der Waals surface area contributed by atoms with E-state index in [4.69, 9.17) is 9.47 Å². The molecule has 0 heterocycles. The molecule has 0 saturated carbocycles. The molecule has 3 rings (SSSR count). The van der Waals surface area contributed by atoms with Crippen molar-refractivity contribution in [1.29, 1.82) is 0 Å². The highest BCUT2D eigenvalue weighted by Gasteiger charge is 2.10. The third-order valence-corrected chi connectivity index (χ3v) is 4.09. The fourth-order valence-corrected chi connectivity index (χ4v) is 2.61. The van der Waals surface area contributed by atoms with Crippen LogP contribution >= 0.6 is 0 Å². The summed E-state index contributed by atoms with van der Waals surface area (Å²) in [5.74, 6) is 0.150. The maximum absolute atomic E-state index is 12.5. The van der Waals surface area contributed by atoms with E-state index in [0.717, 1.165) is 0 Å². The Labute approximate surface area is 169 Å². The highest BCUT2D eigenvalue weighted by Crippen LogP contribution is 2.16. The van der Waals surface area contributed by atoms with Crippen LogP contribution in [0.3, 0.4) is 0 Å². The summed E-state index contributed by atoms with van der Waals surface area (Å²) in [5.41, 5.74) is 2.19. The Balaban J connectivity index is 1.62. The van der Waals surface area contributed by atoms with Crippen molar-refractivity contribution in [3.8, 4) is 5.75 Å². The number of carbonyl (C=O) groups is 2. The molecule has 0 aliphatic carbocycles. The van der Waals surface area contributed by atoms with E-state index in [1.807, 2.05) is 30.3 Å². The molecule has 0 aliphatic rings. The summed E-state index contributed by atoms with van der Waals surface area (Å²) in [5, 5.41) is 5.63. The molecule has 148 valence electrons. The molecule has 0 spiro atoms. The number of ether oxygens (including phenoxy) is 2. The normalized spacial score (nSPS) is 10.2. The lowest BCUT2D eigenvalue weighted by Gasteiger charge is -2.09. The molecule has 0 radical (unpaired) electrons. The van der Waals surface area contributed by atoms with Gasteiger partial charge in [0, 0.05) is 29.6 Å². The third-order valence-electron chi connectivity index (χ3n) is 4.09. The Hall–Kier alpha value is -3.64. The molecule has 2 N–H and O–H groups in total. The predicted molar refractivity (Wildman–Crippen MR) is 113 cm³/mol. The molecule has 0 atom stereocenters. The summed E-state index contributed by atoms with van der Waals surface area (Å²) in [6.07, 6.45) is 0. The first kappa shape index (κ1) is 20.1. The smallest absolute Gasteiger partial charge is 0.255 e. The van der Waals surface area contributed by atoms with Crippen LogP contribution in [0.2, 0.25) is 0 Å². The predicted octanol–water partition coefficient (Wildman–Crippen LogP) is 4.22. The van der Waals surface area contributed by atoms with Gasteiger partial charge in [0.1, 0.15) is 12.4 Å². The number of amides is 2. The van der Waals surface area contributed by atoms with E-state index >= 15 is 0 Å². The van der Waals surface area contributed by atoms with Gasteiger partial charge >= 0.3 is 0 Å². The van der Waals surface area contributed by atoms with Crippen LogP contribution in [0.5, 0.6) is 5.75 Å². The van der Waals surface area contributed by atoms with Crippen LogP contribution in [0.25, 0.3) is 0 Å². The highest BCUT2D eigenvalue weighted by atomic mass is 16.5. The van der Waals surface area contributed by atoms with Crippen LogP contribution in [0.4, 0.5) is 11.4 Å². The first-order valence-corrected chi connectivity index (χ1v) is 9.15. The Morgan fingerprint density at radius 1 is 0.724 bits per heavy atom. The number of para-hydroxylation sites is 1. The van der Waals surface area contributed by atoms with Gasteiger partial charge in [-0.05, 0) is 54.6 Å². The molecule has 0 unspecified atom stereocenters. The van der Waals surface area contributed by atoms with Crippen molar-refractivity contribution in [3.05, 3.63) is 90.0 Å². The third kappa shape index (κ3) is 5.92. The van der Waals surface area contributed by atoms with E-state index in [9.17, 15) is 9.59 Å². The second-order valence-electron chi connectivity index (χ2n) is 6.22.